The Morgan fingerprint density at radius 2 is 2.35 bits per heavy atom. The Morgan fingerprint density at radius 3 is 3.00 bits per heavy atom. The molecule has 0 aliphatic heterocycles. The van der Waals surface area contributed by atoms with Crippen molar-refractivity contribution in [3.05, 3.63) is 32.6 Å². The third kappa shape index (κ3) is 3.55. The van der Waals surface area contributed by atoms with E-state index in [1.807, 2.05) is 0 Å². The topological polar surface area (TPSA) is 58.6 Å². The van der Waals surface area contributed by atoms with Gasteiger partial charge >= 0.3 is 0 Å². The lowest BCUT2D eigenvalue weighted by Crippen LogP contribution is -2.09. The molecule has 2 aromatic rings. The Kier molecular flexibility index (Phi) is 4.20. The number of H-pyrrole nitrogens is 1. The number of aryl methyl sites for hydroxylation is 1. The van der Waals surface area contributed by atoms with Crippen LogP contribution in [-0.2, 0) is 6.42 Å². The van der Waals surface area contributed by atoms with Gasteiger partial charge in [-0.3, -0.25) is 4.79 Å². The number of halogens is 1. The molecule has 0 bridgehead atoms. The molecule has 17 heavy (non-hydrogen) atoms. The zero-order chi connectivity index (χ0) is 12.3. The summed E-state index contributed by atoms with van der Waals surface area (Å²) < 4.78 is 0.770. The molecule has 1 N–H and O–H groups in total. The first-order chi connectivity index (χ1) is 8.17. The Labute approximate surface area is 111 Å². The fraction of sp³-hybridized carbons (Fsp3) is 0.300. The number of aromatic amines is 1. The van der Waals surface area contributed by atoms with Crippen molar-refractivity contribution in [2.24, 2.45) is 0 Å². The normalized spacial score (nSPS) is 10.7. The van der Waals surface area contributed by atoms with E-state index in [1.165, 1.54) is 29.2 Å². The average Bonchev–Trinajstić information content (AvgIpc) is 2.63. The summed E-state index contributed by atoms with van der Waals surface area (Å²) in [7, 11) is 0. The van der Waals surface area contributed by atoms with Gasteiger partial charge in [-0.05, 0) is 18.2 Å². The van der Waals surface area contributed by atoms with Crippen LogP contribution in [0.1, 0.15) is 19.0 Å². The molecule has 0 aromatic carbocycles. The van der Waals surface area contributed by atoms with Gasteiger partial charge in [0.25, 0.3) is 5.56 Å². The van der Waals surface area contributed by atoms with Gasteiger partial charge in [-0.15, -0.1) is 11.3 Å². The first-order valence-corrected chi connectivity index (χ1v) is 7.14. The molecule has 90 valence electrons. The maximum atomic E-state index is 11.4. The molecule has 0 radical (unpaired) electrons. The number of nitrogens with one attached hydrogen (secondary N) is 1. The van der Waals surface area contributed by atoms with Gasteiger partial charge in [-0.25, -0.2) is 9.97 Å². The molecule has 7 heteroatoms. The van der Waals surface area contributed by atoms with E-state index in [1.54, 1.807) is 5.38 Å². The van der Waals surface area contributed by atoms with E-state index in [-0.39, 0.29) is 5.56 Å². The van der Waals surface area contributed by atoms with E-state index < -0.39 is 0 Å². The molecule has 2 heterocycles. The minimum absolute atomic E-state index is 0.131. The minimum atomic E-state index is -0.131. The third-order valence-electron chi connectivity index (χ3n) is 1.92. The summed E-state index contributed by atoms with van der Waals surface area (Å²) >= 11 is 8.48. The van der Waals surface area contributed by atoms with Crippen LogP contribution in [0, 0.1) is 0 Å². The van der Waals surface area contributed by atoms with Gasteiger partial charge < -0.3 is 4.98 Å². The summed E-state index contributed by atoms with van der Waals surface area (Å²) in [6.45, 7) is 2.05. The molecule has 0 saturated heterocycles. The van der Waals surface area contributed by atoms with Crippen molar-refractivity contribution in [2.75, 3.05) is 0 Å². The summed E-state index contributed by atoms with van der Waals surface area (Å²) in [6, 6.07) is 1.53. The maximum Gasteiger partial charge on any atom is 0.251 e. The first-order valence-electron chi connectivity index (χ1n) is 5.06. The fourth-order valence-corrected chi connectivity index (χ4v) is 3.20. The maximum absolute atomic E-state index is 11.4. The quantitative estimate of drug-likeness (QED) is 0.878. The second kappa shape index (κ2) is 5.66. The monoisotopic (exact) mass is 287 g/mol. The van der Waals surface area contributed by atoms with Crippen molar-refractivity contribution in [2.45, 2.75) is 29.3 Å². The first kappa shape index (κ1) is 12.6. The van der Waals surface area contributed by atoms with Crippen LogP contribution in [0.4, 0.5) is 0 Å². The SMILES string of the molecule is CCCc1cc(=O)[nH]c(Sc2nc(Cl)cs2)n1. The number of hydrogen-bond donors (Lipinski definition) is 1. The summed E-state index contributed by atoms with van der Waals surface area (Å²) in [5, 5.41) is 2.77. The molecule has 0 amide bonds. The van der Waals surface area contributed by atoms with Gasteiger partial charge in [0.1, 0.15) is 5.15 Å². The number of nitrogens with zero attached hydrogens (tertiary/aromatic N) is 2. The summed E-state index contributed by atoms with van der Waals surface area (Å²) in [5.41, 5.74) is 0.676. The van der Waals surface area contributed by atoms with E-state index >= 15 is 0 Å². The van der Waals surface area contributed by atoms with Gasteiger partial charge in [-0.2, -0.15) is 0 Å². The predicted octanol–water partition coefficient (Wildman–Crippen LogP) is 2.98. The molecule has 0 atom stereocenters. The van der Waals surface area contributed by atoms with Crippen LogP contribution in [0.25, 0.3) is 0 Å². The summed E-state index contributed by atoms with van der Waals surface area (Å²) in [6.07, 6.45) is 1.76. The highest BCUT2D eigenvalue weighted by atomic mass is 35.5. The highest BCUT2D eigenvalue weighted by Gasteiger charge is 2.06. The lowest BCUT2D eigenvalue weighted by Gasteiger charge is -2.00. The molecule has 0 aliphatic rings. The van der Waals surface area contributed by atoms with E-state index in [0.29, 0.717) is 10.3 Å². The van der Waals surface area contributed by atoms with Crippen LogP contribution in [0.3, 0.4) is 0 Å². The summed E-state index contributed by atoms with van der Waals surface area (Å²) in [4.78, 5) is 22.6. The molecular formula is C10H10ClN3OS2. The number of thiazole rings is 1. The van der Waals surface area contributed by atoms with E-state index in [4.69, 9.17) is 11.6 Å². The van der Waals surface area contributed by atoms with Crippen LogP contribution in [0.15, 0.2) is 25.7 Å². The second-order valence-corrected chi connectivity index (χ2v) is 5.81. The van der Waals surface area contributed by atoms with E-state index in [2.05, 4.69) is 21.9 Å². The molecule has 0 unspecified atom stereocenters. The molecule has 2 aromatic heterocycles. The van der Waals surface area contributed by atoms with Crippen LogP contribution in [0.2, 0.25) is 5.15 Å². The lowest BCUT2D eigenvalue weighted by atomic mass is 10.2. The Bertz CT molecular complexity index is 567. The fourth-order valence-electron chi connectivity index (χ4n) is 1.28. The summed E-state index contributed by atoms with van der Waals surface area (Å²) in [5.74, 6) is 0. The predicted molar refractivity (Wildman–Crippen MR) is 70.1 cm³/mol. The third-order valence-corrected chi connectivity index (χ3v) is 4.07. The smallest absolute Gasteiger partial charge is 0.251 e. The van der Waals surface area contributed by atoms with Crippen LogP contribution in [0.5, 0.6) is 0 Å². The van der Waals surface area contributed by atoms with Gasteiger partial charge in [0.2, 0.25) is 0 Å². The van der Waals surface area contributed by atoms with Crippen molar-refractivity contribution in [1.82, 2.24) is 15.0 Å². The molecule has 0 aliphatic carbocycles. The molecule has 2 rings (SSSR count). The van der Waals surface area contributed by atoms with E-state index in [9.17, 15) is 4.79 Å². The highest BCUT2D eigenvalue weighted by Crippen LogP contribution is 2.28. The van der Waals surface area contributed by atoms with Gasteiger partial charge in [0.15, 0.2) is 9.50 Å². The van der Waals surface area contributed by atoms with Crippen LogP contribution < -0.4 is 5.56 Å². The van der Waals surface area contributed by atoms with Crippen molar-refractivity contribution >= 4 is 34.7 Å². The minimum Gasteiger partial charge on any atom is -0.301 e. The Morgan fingerprint density at radius 1 is 1.53 bits per heavy atom. The zero-order valence-corrected chi connectivity index (χ0v) is 11.5. The van der Waals surface area contributed by atoms with Crippen molar-refractivity contribution in [3.8, 4) is 0 Å². The van der Waals surface area contributed by atoms with Gasteiger partial charge in [0.05, 0.1) is 0 Å². The van der Waals surface area contributed by atoms with Gasteiger partial charge in [0, 0.05) is 17.1 Å². The van der Waals surface area contributed by atoms with Crippen molar-refractivity contribution < 1.29 is 0 Å². The van der Waals surface area contributed by atoms with E-state index in [0.717, 1.165) is 22.9 Å². The van der Waals surface area contributed by atoms with Crippen LogP contribution >= 0.6 is 34.7 Å². The number of aromatic nitrogens is 3. The molecular weight excluding hydrogens is 278 g/mol. The van der Waals surface area contributed by atoms with Crippen molar-refractivity contribution in [1.29, 1.82) is 0 Å². The molecule has 0 saturated carbocycles. The average molecular weight is 288 g/mol. The zero-order valence-electron chi connectivity index (χ0n) is 9.07. The molecule has 0 spiro atoms. The number of rotatable bonds is 4. The standard InChI is InChI=1S/C10H10ClN3OS2/c1-2-3-6-4-8(15)14-9(12-6)17-10-13-7(11)5-16-10/h4-5H,2-3H2,1H3,(H,12,14,15). The second-order valence-electron chi connectivity index (χ2n) is 3.33. The highest BCUT2D eigenvalue weighted by molar-refractivity contribution is 8.00. The van der Waals surface area contributed by atoms with Gasteiger partial charge in [-0.1, -0.05) is 24.9 Å². The molecule has 0 fully saturated rings. The Hall–Kier alpha value is -0.850. The van der Waals surface area contributed by atoms with Crippen LogP contribution in [-0.4, -0.2) is 15.0 Å². The van der Waals surface area contributed by atoms with Crippen molar-refractivity contribution in [3.63, 3.8) is 0 Å². The molecule has 4 nitrogen and oxygen atoms in total. The Balaban J connectivity index is 2.23. The largest absolute Gasteiger partial charge is 0.301 e. The lowest BCUT2D eigenvalue weighted by molar-refractivity contribution is 0.816. The number of hydrogen-bond acceptors (Lipinski definition) is 5.